The molecule has 0 fully saturated rings. The molecule has 0 spiro atoms. The minimum absolute atomic E-state index is 0.158. The van der Waals surface area contributed by atoms with Gasteiger partial charge in [0.25, 0.3) is 0 Å². The zero-order valence-electron chi connectivity index (χ0n) is 7.60. The predicted molar refractivity (Wildman–Crippen MR) is 55.0 cm³/mol. The molecule has 1 aromatic rings. The van der Waals surface area contributed by atoms with Crippen molar-refractivity contribution < 1.29 is 8.42 Å². The number of aromatic nitrogens is 1. The van der Waals surface area contributed by atoms with Gasteiger partial charge >= 0.3 is 0 Å². The topological polar surface area (TPSA) is 56.1 Å². The van der Waals surface area contributed by atoms with Gasteiger partial charge < -0.3 is 4.57 Å². The van der Waals surface area contributed by atoms with Crippen LogP contribution in [0.5, 0.6) is 0 Å². The predicted octanol–water partition coefficient (Wildman–Crippen LogP) is 0.496. The Hall–Kier alpha value is -0.810. The molecule has 0 amide bonds. The summed E-state index contributed by atoms with van der Waals surface area (Å²) in [5.41, 5.74) is 0.496. The van der Waals surface area contributed by atoms with E-state index in [4.69, 9.17) is 10.7 Å². The fourth-order valence-corrected chi connectivity index (χ4v) is 1.77. The fraction of sp³-hybridized carbons (Fsp3) is 0.375. The smallest absolute Gasteiger partial charge is 0.250 e. The van der Waals surface area contributed by atoms with Gasteiger partial charge in [-0.2, -0.15) is 0 Å². The molecule has 0 saturated heterocycles. The Kier molecular flexibility index (Phi) is 3.34. The number of halogens is 1. The molecule has 6 heteroatoms. The lowest BCUT2D eigenvalue weighted by Crippen LogP contribution is -2.20. The largest absolute Gasteiger partial charge is 0.316 e. The second kappa shape index (κ2) is 4.14. The van der Waals surface area contributed by atoms with Gasteiger partial charge in [0.1, 0.15) is 0 Å². The molecule has 0 aliphatic heterocycles. The Labute approximate surface area is 86.5 Å². The number of rotatable bonds is 3. The summed E-state index contributed by atoms with van der Waals surface area (Å²) in [7, 11) is 3.16. The van der Waals surface area contributed by atoms with E-state index in [0.717, 1.165) is 0 Å². The monoisotopic (exact) mass is 235 g/mol. The Balaban J connectivity index is 2.89. The van der Waals surface area contributed by atoms with Crippen LogP contribution in [0.3, 0.4) is 0 Å². The van der Waals surface area contributed by atoms with Crippen molar-refractivity contribution >= 4 is 19.7 Å². The first kappa shape index (κ1) is 11.3. The van der Waals surface area contributed by atoms with Crippen LogP contribution in [0, 0.1) is 0 Å². The van der Waals surface area contributed by atoms with Crippen molar-refractivity contribution in [2.45, 2.75) is 6.42 Å². The number of nitrogens with zero attached hydrogens (tertiary/aromatic N) is 1. The third-order valence-electron chi connectivity index (χ3n) is 1.89. The molecular weight excluding hydrogens is 226 g/mol. The molecule has 0 atom stereocenters. The van der Waals surface area contributed by atoms with E-state index in [1.165, 1.54) is 10.6 Å². The second-order valence-corrected chi connectivity index (χ2v) is 5.80. The maximum atomic E-state index is 11.1. The quantitative estimate of drug-likeness (QED) is 0.717. The lowest BCUT2D eigenvalue weighted by atomic mass is 10.3. The van der Waals surface area contributed by atoms with Gasteiger partial charge in [-0.3, -0.25) is 4.79 Å². The molecule has 1 aromatic heterocycles. The molecule has 0 saturated carbocycles. The van der Waals surface area contributed by atoms with Gasteiger partial charge in [-0.05, 0) is 6.07 Å². The summed E-state index contributed by atoms with van der Waals surface area (Å²) >= 11 is 0. The summed E-state index contributed by atoms with van der Waals surface area (Å²) in [6.07, 6.45) is 0.248. The summed E-state index contributed by atoms with van der Waals surface area (Å²) < 4.78 is 22.8. The van der Waals surface area contributed by atoms with Crippen LogP contribution in [0.25, 0.3) is 0 Å². The average molecular weight is 236 g/mol. The van der Waals surface area contributed by atoms with Crippen molar-refractivity contribution in [2.75, 3.05) is 5.75 Å². The summed E-state index contributed by atoms with van der Waals surface area (Å²) in [6.45, 7) is 0. The minimum Gasteiger partial charge on any atom is -0.316 e. The fourth-order valence-electron chi connectivity index (χ4n) is 1.08. The highest BCUT2D eigenvalue weighted by atomic mass is 35.7. The van der Waals surface area contributed by atoms with E-state index < -0.39 is 9.05 Å². The van der Waals surface area contributed by atoms with Crippen molar-refractivity contribution in [3.63, 3.8) is 0 Å². The first-order valence-corrected chi connectivity index (χ1v) is 6.45. The van der Waals surface area contributed by atoms with E-state index in [9.17, 15) is 13.2 Å². The van der Waals surface area contributed by atoms with Crippen LogP contribution in [0.2, 0.25) is 0 Å². The molecule has 4 nitrogen and oxygen atoms in total. The first-order chi connectivity index (χ1) is 6.40. The third-order valence-corrected chi connectivity index (χ3v) is 3.05. The Morgan fingerprint density at radius 1 is 1.43 bits per heavy atom. The molecule has 1 heterocycles. The highest BCUT2D eigenvalue weighted by Crippen LogP contribution is 2.02. The van der Waals surface area contributed by atoms with E-state index in [2.05, 4.69) is 0 Å². The molecule has 0 N–H and O–H groups in total. The highest BCUT2D eigenvalue weighted by molar-refractivity contribution is 8.13. The molecule has 0 bridgehead atoms. The van der Waals surface area contributed by atoms with Crippen LogP contribution < -0.4 is 5.56 Å². The van der Waals surface area contributed by atoms with Crippen LogP contribution in [-0.2, 0) is 22.5 Å². The molecule has 0 unspecified atom stereocenters. The number of hydrogen-bond acceptors (Lipinski definition) is 3. The van der Waals surface area contributed by atoms with Gasteiger partial charge in [0, 0.05) is 35.9 Å². The van der Waals surface area contributed by atoms with Gasteiger partial charge in [-0.25, -0.2) is 8.42 Å². The number of hydrogen-bond donors (Lipinski definition) is 0. The maximum absolute atomic E-state index is 11.1. The summed E-state index contributed by atoms with van der Waals surface area (Å²) in [5.74, 6) is -0.161. The number of aryl methyl sites for hydroxylation is 1. The molecule has 0 aromatic carbocycles. The molecule has 0 radical (unpaired) electrons. The molecule has 0 aliphatic rings. The van der Waals surface area contributed by atoms with Crippen molar-refractivity contribution in [3.8, 4) is 0 Å². The zero-order chi connectivity index (χ0) is 10.8. The summed E-state index contributed by atoms with van der Waals surface area (Å²) in [4.78, 5) is 11.1. The van der Waals surface area contributed by atoms with Gasteiger partial charge in [0.2, 0.25) is 14.6 Å². The molecular formula is C8H10ClNO3S. The van der Waals surface area contributed by atoms with Gasteiger partial charge in [0.15, 0.2) is 0 Å². The van der Waals surface area contributed by atoms with Crippen molar-refractivity contribution in [3.05, 3.63) is 34.2 Å². The van der Waals surface area contributed by atoms with E-state index in [1.807, 2.05) is 0 Å². The zero-order valence-corrected chi connectivity index (χ0v) is 9.18. The Bertz CT molecular complexity index is 478. The van der Waals surface area contributed by atoms with Gasteiger partial charge in [-0.15, -0.1) is 0 Å². The minimum atomic E-state index is -3.50. The SMILES string of the molecule is Cn1c(CCS(=O)(=O)Cl)cccc1=O. The molecule has 14 heavy (non-hydrogen) atoms. The molecule has 78 valence electrons. The van der Waals surface area contributed by atoms with Gasteiger partial charge in [0.05, 0.1) is 5.75 Å². The Morgan fingerprint density at radius 2 is 2.07 bits per heavy atom. The molecule has 1 rings (SSSR count). The van der Waals surface area contributed by atoms with Crippen LogP contribution in [0.1, 0.15) is 5.69 Å². The van der Waals surface area contributed by atoms with Gasteiger partial charge in [-0.1, -0.05) is 6.07 Å². The van der Waals surface area contributed by atoms with Crippen molar-refractivity contribution in [2.24, 2.45) is 7.05 Å². The van der Waals surface area contributed by atoms with Crippen molar-refractivity contribution in [1.29, 1.82) is 0 Å². The van der Waals surface area contributed by atoms with Crippen LogP contribution in [-0.4, -0.2) is 18.7 Å². The standard InChI is InChI=1S/C8H10ClNO3S/c1-10-7(3-2-4-8(10)11)5-6-14(9,12)13/h2-4H,5-6H2,1H3. The average Bonchev–Trinajstić information content (AvgIpc) is 2.06. The van der Waals surface area contributed by atoms with Crippen molar-refractivity contribution in [1.82, 2.24) is 4.57 Å². The maximum Gasteiger partial charge on any atom is 0.250 e. The van der Waals surface area contributed by atoms with Crippen LogP contribution >= 0.6 is 10.7 Å². The summed E-state index contributed by atoms with van der Waals surface area (Å²) in [5, 5.41) is 0. The van der Waals surface area contributed by atoms with E-state index in [-0.39, 0.29) is 17.7 Å². The van der Waals surface area contributed by atoms with E-state index in [0.29, 0.717) is 5.69 Å². The highest BCUT2D eigenvalue weighted by Gasteiger charge is 2.07. The number of pyridine rings is 1. The van der Waals surface area contributed by atoms with E-state index in [1.54, 1.807) is 19.2 Å². The normalized spacial score (nSPS) is 11.6. The Morgan fingerprint density at radius 3 is 2.64 bits per heavy atom. The first-order valence-electron chi connectivity index (χ1n) is 3.97. The lowest BCUT2D eigenvalue weighted by molar-refractivity contribution is 0.607. The second-order valence-electron chi connectivity index (χ2n) is 2.91. The van der Waals surface area contributed by atoms with E-state index >= 15 is 0 Å². The lowest BCUT2D eigenvalue weighted by Gasteiger charge is -2.05. The van der Waals surface area contributed by atoms with Crippen LogP contribution in [0.15, 0.2) is 23.0 Å². The summed E-state index contributed by atoms with van der Waals surface area (Å²) in [6, 6.07) is 4.71. The van der Waals surface area contributed by atoms with Crippen LogP contribution in [0.4, 0.5) is 0 Å². The third kappa shape index (κ3) is 3.16. The molecule has 0 aliphatic carbocycles.